The number of nitrogens with two attached hydrogens (primary N) is 2. The Balaban J connectivity index is 1.74. The van der Waals surface area contributed by atoms with Crippen LogP contribution in [-0.2, 0) is 0 Å². The molecule has 2 aromatic heterocycles. The van der Waals surface area contributed by atoms with Crippen molar-refractivity contribution in [1.29, 1.82) is 5.41 Å². The van der Waals surface area contributed by atoms with E-state index in [2.05, 4.69) is 4.98 Å². The van der Waals surface area contributed by atoms with Gasteiger partial charge in [-0.15, -0.1) is 11.3 Å². The number of hydrogen-bond donors (Lipinski definition) is 4. The summed E-state index contributed by atoms with van der Waals surface area (Å²) in [7, 11) is 0. The van der Waals surface area contributed by atoms with Crippen LogP contribution in [-0.4, -0.2) is 21.9 Å². The van der Waals surface area contributed by atoms with E-state index in [1.54, 1.807) is 24.3 Å². The molecular formula is C23H18N4O3S. The number of rotatable bonds is 6. The number of amidine groups is 1. The maximum absolute atomic E-state index is 11.2. The van der Waals surface area contributed by atoms with Crippen molar-refractivity contribution in [1.82, 2.24) is 4.98 Å². The van der Waals surface area contributed by atoms with E-state index in [0.29, 0.717) is 38.8 Å². The maximum atomic E-state index is 11.2. The number of aromatic nitrogens is 1. The second-order valence-electron chi connectivity index (χ2n) is 6.64. The number of aromatic carboxylic acids is 1. The summed E-state index contributed by atoms with van der Waals surface area (Å²) >= 11 is 1.10. The maximum Gasteiger partial charge on any atom is 0.345 e. The second kappa shape index (κ2) is 8.29. The minimum atomic E-state index is -1.00. The minimum absolute atomic E-state index is 0.200. The van der Waals surface area contributed by atoms with Crippen molar-refractivity contribution in [2.24, 2.45) is 5.73 Å². The fourth-order valence-corrected chi connectivity index (χ4v) is 3.88. The van der Waals surface area contributed by atoms with Gasteiger partial charge in [0.15, 0.2) is 0 Å². The molecule has 7 nitrogen and oxygen atoms in total. The van der Waals surface area contributed by atoms with E-state index in [0.717, 1.165) is 17.1 Å². The van der Waals surface area contributed by atoms with Crippen molar-refractivity contribution in [2.45, 2.75) is 0 Å². The number of ether oxygens (including phenoxy) is 1. The number of para-hydroxylation sites is 1. The molecule has 2 aromatic carbocycles. The number of carboxylic acids is 1. The highest BCUT2D eigenvalue weighted by Gasteiger charge is 2.18. The number of nitrogens with zero attached hydrogens (tertiary/aromatic N) is 1. The smallest absolute Gasteiger partial charge is 0.345 e. The predicted octanol–water partition coefficient (Wildman–Crippen LogP) is 4.83. The van der Waals surface area contributed by atoms with Gasteiger partial charge < -0.3 is 21.3 Å². The number of anilines is 1. The molecule has 6 N–H and O–H groups in total. The van der Waals surface area contributed by atoms with Crippen molar-refractivity contribution < 1.29 is 14.6 Å². The summed E-state index contributed by atoms with van der Waals surface area (Å²) in [6, 6.07) is 21.4. The lowest BCUT2D eigenvalue weighted by atomic mass is 10.0. The lowest BCUT2D eigenvalue weighted by Gasteiger charge is -2.13. The first-order valence-corrected chi connectivity index (χ1v) is 10.1. The molecule has 2 heterocycles. The highest BCUT2D eigenvalue weighted by atomic mass is 32.1. The van der Waals surface area contributed by atoms with Crippen LogP contribution in [0.25, 0.3) is 21.8 Å². The zero-order chi connectivity index (χ0) is 22.0. The Morgan fingerprint density at radius 3 is 2.29 bits per heavy atom. The number of thiophene rings is 1. The van der Waals surface area contributed by atoms with E-state index >= 15 is 0 Å². The molecule has 4 rings (SSSR count). The molecule has 0 aliphatic rings. The zero-order valence-corrected chi connectivity index (χ0v) is 17.0. The third kappa shape index (κ3) is 4.24. The van der Waals surface area contributed by atoms with Crippen LogP contribution in [0.3, 0.4) is 0 Å². The number of carbonyl (C=O) groups is 1. The molecule has 4 aromatic rings. The molecule has 0 atom stereocenters. The van der Waals surface area contributed by atoms with Crippen molar-refractivity contribution in [3.8, 4) is 33.3 Å². The fourth-order valence-electron chi connectivity index (χ4n) is 3.08. The molecule has 0 bridgehead atoms. The van der Waals surface area contributed by atoms with Gasteiger partial charge in [0, 0.05) is 11.3 Å². The molecular weight excluding hydrogens is 412 g/mol. The Kier molecular flexibility index (Phi) is 5.38. The molecule has 0 amide bonds. The fraction of sp³-hybridized carbons (Fsp3) is 0. The molecule has 31 heavy (non-hydrogen) atoms. The molecule has 0 spiro atoms. The van der Waals surface area contributed by atoms with Gasteiger partial charge in [-0.2, -0.15) is 0 Å². The number of benzene rings is 2. The van der Waals surface area contributed by atoms with E-state index in [1.165, 1.54) is 6.07 Å². The summed E-state index contributed by atoms with van der Waals surface area (Å²) in [6.07, 6.45) is 0. The molecule has 0 radical (unpaired) electrons. The Hall–Kier alpha value is -4.17. The first-order chi connectivity index (χ1) is 14.9. The summed E-state index contributed by atoms with van der Waals surface area (Å²) < 4.78 is 5.82. The number of nitrogen functional groups attached to an aromatic ring is 2. The van der Waals surface area contributed by atoms with Gasteiger partial charge in [0.1, 0.15) is 22.2 Å². The largest absolute Gasteiger partial charge is 0.477 e. The van der Waals surface area contributed by atoms with Crippen LogP contribution in [0.1, 0.15) is 15.2 Å². The summed E-state index contributed by atoms with van der Waals surface area (Å²) in [5.74, 6) is 0.163. The molecule has 0 aliphatic heterocycles. The first kappa shape index (κ1) is 20.1. The lowest BCUT2D eigenvalue weighted by Crippen LogP contribution is -2.16. The monoisotopic (exact) mass is 430 g/mol. The Morgan fingerprint density at radius 1 is 1.00 bits per heavy atom. The SMILES string of the molecule is N=C(N)c1c(N)cc(-c2ccc(C(=O)O)s2)nc1-c1ccc(Oc2ccccc2)cc1. The van der Waals surface area contributed by atoms with Crippen molar-refractivity contribution >= 4 is 28.8 Å². The Morgan fingerprint density at radius 2 is 1.68 bits per heavy atom. The van der Waals surface area contributed by atoms with E-state index in [-0.39, 0.29) is 10.7 Å². The average molecular weight is 430 g/mol. The highest BCUT2D eigenvalue weighted by molar-refractivity contribution is 7.17. The second-order valence-corrected chi connectivity index (χ2v) is 7.73. The minimum Gasteiger partial charge on any atom is -0.477 e. The van der Waals surface area contributed by atoms with Crippen molar-refractivity contribution in [2.75, 3.05) is 5.73 Å². The van der Waals surface area contributed by atoms with Crippen LogP contribution in [0.5, 0.6) is 11.5 Å². The van der Waals surface area contributed by atoms with Crippen LogP contribution in [0.15, 0.2) is 72.8 Å². The van der Waals surface area contributed by atoms with Crippen molar-refractivity contribution in [3.63, 3.8) is 0 Å². The Bertz CT molecular complexity index is 1270. The molecule has 154 valence electrons. The third-order valence-corrected chi connectivity index (χ3v) is 5.59. The standard InChI is InChI=1S/C23H18N4O3S/c24-16-12-17(18-10-11-19(31-18)23(28)29)27-21(20(16)22(25)26)13-6-8-15(9-7-13)30-14-4-2-1-3-5-14/h1-12H,(H2,24,27)(H3,25,26)(H,28,29). The highest BCUT2D eigenvalue weighted by Crippen LogP contribution is 2.34. The van der Waals surface area contributed by atoms with E-state index < -0.39 is 5.97 Å². The van der Waals surface area contributed by atoms with Gasteiger partial charge in [0.25, 0.3) is 0 Å². The van der Waals surface area contributed by atoms with Gasteiger partial charge in [-0.25, -0.2) is 9.78 Å². The van der Waals surface area contributed by atoms with E-state index in [1.807, 2.05) is 42.5 Å². The summed E-state index contributed by atoms with van der Waals surface area (Å²) in [5.41, 5.74) is 14.3. The van der Waals surface area contributed by atoms with E-state index in [4.69, 9.17) is 21.6 Å². The van der Waals surface area contributed by atoms with Crippen LogP contribution >= 0.6 is 11.3 Å². The summed E-state index contributed by atoms with van der Waals surface area (Å²) in [6.45, 7) is 0. The van der Waals surface area contributed by atoms with Gasteiger partial charge in [0.05, 0.1) is 21.8 Å². The van der Waals surface area contributed by atoms with E-state index in [9.17, 15) is 9.90 Å². The number of pyridine rings is 1. The Labute approximate surface area is 182 Å². The number of carboxylic acid groups (broad SMARTS) is 1. The normalized spacial score (nSPS) is 10.6. The average Bonchev–Trinajstić information content (AvgIpc) is 3.25. The topological polar surface area (TPSA) is 135 Å². The molecule has 0 aliphatic carbocycles. The van der Waals surface area contributed by atoms with Crippen LogP contribution in [0.2, 0.25) is 0 Å². The predicted molar refractivity (Wildman–Crippen MR) is 122 cm³/mol. The van der Waals surface area contributed by atoms with Crippen LogP contribution in [0, 0.1) is 5.41 Å². The first-order valence-electron chi connectivity index (χ1n) is 9.24. The van der Waals surface area contributed by atoms with Crippen LogP contribution < -0.4 is 16.2 Å². The molecule has 0 saturated carbocycles. The number of hydrogen-bond acceptors (Lipinski definition) is 6. The van der Waals surface area contributed by atoms with Crippen molar-refractivity contribution in [3.05, 3.63) is 83.2 Å². The summed E-state index contributed by atoms with van der Waals surface area (Å²) in [4.78, 5) is 16.7. The van der Waals surface area contributed by atoms with Crippen LogP contribution in [0.4, 0.5) is 5.69 Å². The quantitative estimate of drug-likeness (QED) is 0.255. The third-order valence-electron chi connectivity index (χ3n) is 4.50. The molecule has 0 fully saturated rings. The van der Waals surface area contributed by atoms with Gasteiger partial charge in [-0.3, -0.25) is 5.41 Å². The van der Waals surface area contributed by atoms with Gasteiger partial charge in [0.2, 0.25) is 0 Å². The van der Waals surface area contributed by atoms with Gasteiger partial charge in [-0.05, 0) is 54.6 Å². The van der Waals surface area contributed by atoms with Gasteiger partial charge in [-0.1, -0.05) is 18.2 Å². The molecule has 8 heteroatoms. The number of nitrogens with one attached hydrogen (secondary N) is 1. The molecule has 0 unspecified atom stereocenters. The zero-order valence-electron chi connectivity index (χ0n) is 16.2. The summed E-state index contributed by atoms with van der Waals surface area (Å²) in [5, 5.41) is 17.1. The van der Waals surface area contributed by atoms with Gasteiger partial charge >= 0.3 is 5.97 Å². The molecule has 0 saturated heterocycles. The lowest BCUT2D eigenvalue weighted by molar-refractivity contribution is 0.0702.